The number of aliphatic hydroxyl groups is 2. The smallest absolute Gasteiger partial charge is 0.283 e. The van der Waals surface area contributed by atoms with Crippen molar-refractivity contribution in [3.05, 3.63) is 11.0 Å². The number of nitrogens with zero attached hydrogens (tertiary/aromatic N) is 3. The molecule has 22 heavy (non-hydrogen) atoms. The van der Waals surface area contributed by atoms with Crippen LogP contribution in [0.15, 0.2) is 6.33 Å². The first kappa shape index (κ1) is 15.2. The minimum Gasteiger partial charge on any atom is -0.394 e. The molecule has 11 heteroatoms. The molecule has 0 aromatic carbocycles. The molecule has 0 spiro atoms. The fraction of sp³-hybridized carbons (Fsp3) is 0.545. The summed E-state index contributed by atoms with van der Waals surface area (Å²) in [6.07, 6.45) is -2.94. The van der Waals surface area contributed by atoms with Crippen molar-refractivity contribution in [3.8, 4) is 0 Å². The maximum atomic E-state index is 15.0. The van der Waals surface area contributed by atoms with Gasteiger partial charge in [-0.3, -0.25) is 4.57 Å². The van der Waals surface area contributed by atoms with Crippen molar-refractivity contribution in [2.75, 3.05) is 19.5 Å². The highest BCUT2D eigenvalue weighted by Gasteiger charge is 2.59. The van der Waals surface area contributed by atoms with Crippen LogP contribution in [0.5, 0.6) is 0 Å². The first-order valence-electron chi connectivity index (χ1n) is 6.33. The van der Waals surface area contributed by atoms with Crippen LogP contribution in [0.1, 0.15) is 6.23 Å². The standard InChI is InChI=1S/C11H14FN5O4S/c1-20-11(12)6(19)4(2-18)21-9(11)17-3-14-5-7(17)15-10(13)16-8(5)22/h3-4,6,9,18-19H,2H2,1H3,(H3,13,15,16,22)/t4-,6-,9-,11+/m1/s1. The molecule has 0 radical (unpaired) electrons. The summed E-state index contributed by atoms with van der Waals surface area (Å²) < 4.78 is 26.6. The van der Waals surface area contributed by atoms with Crippen molar-refractivity contribution < 1.29 is 24.1 Å². The molecular formula is C11H14FN5O4S. The van der Waals surface area contributed by atoms with E-state index in [2.05, 4.69) is 15.0 Å². The number of nitrogens with two attached hydrogens (primary N) is 1. The summed E-state index contributed by atoms with van der Waals surface area (Å²) in [4.78, 5) is 10.6. The van der Waals surface area contributed by atoms with Crippen LogP contribution in [0.4, 0.5) is 10.3 Å². The number of methoxy groups -OCH3 is 1. The number of H-pyrrole nitrogens is 1. The maximum absolute atomic E-state index is 15.0. The van der Waals surface area contributed by atoms with Gasteiger partial charge in [-0.05, 0) is 0 Å². The molecule has 0 aliphatic carbocycles. The Morgan fingerprint density at radius 1 is 1.68 bits per heavy atom. The summed E-state index contributed by atoms with van der Waals surface area (Å²) in [5.41, 5.74) is 6.17. The van der Waals surface area contributed by atoms with E-state index in [0.29, 0.717) is 5.52 Å². The highest BCUT2D eigenvalue weighted by Crippen LogP contribution is 2.42. The molecule has 1 saturated heterocycles. The van der Waals surface area contributed by atoms with E-state index in [1.54, 1.807) is 0 Å². The summed E-state index contributed by atoms with van der Waals surface area (Å²) in [7, 11) is 1.09. The summed E-state index contributed by atoms with van der Waals surface area (Å²) in [5.74, 6) is -2.55. The van der Waals surface area contributed by atoms with Gasteiger partial charge in [0.25, 0.3) is 5.85 Å². The first-order chi connectivity index (χ1) is 10.4. The minimum absolute atomic E-state index is 0.0263. The molecule has 1 aliphatic rings. The van der Waals surface area contributed by atoms with Gasteiger partial charge in [0.15, 0.2) is 16.8 Å². The number of imidazole rings is 1. The van der Waals surface area contributed by atoms with Gasteiger partial charge >= 0.3 is 0 Å². The van der Waals surface area contributed by atoms with Crippen LogP contribution in [0.2, 0.25) is 0 Å². The lowest BCUT2D eigenvalue weighted by molar-refractivity contribution is -0.214. The van der Waals surface area contributed by atoms with Gasteiger partial charge in [0.2, 0.25) is 0 Å². The Morgan fingerprint density at radius 2 is 2.41 bits per heavy atom. The van der Waals surface area contributed by atoms with E-state index in [0.717, 1.165) is 7.11 Å². The Kier molecular flexibility index (Phi) is 3.61. The normalized spacial score (nSPS) is 31.9. The van der Waals surface area contributed by atoms with Gasteiger partial charge in [0.05, 0.1) is 12.9 Å². The van der Waals surface area contributed by atoms with Crippen molar-refractivity contribution >= 4 is 29.3 Å². The van der Waals surface area contributed by atoms with Crippen LogP contribution in [0, 0.1) is 4.64 Å². The Labute approximate surface area is 128 Å². The quantitative estimate of drug-likeness (QED) is 0.560. The Bertz CT molecular complexity index is 767. The number of nitrogens with one attached hydrogen (secondary N) is 1. The SMILES string of the molecule is CO[C@@]1(F)[C@H](O)[C@@H](CO)O[C@H]1n1cnc2c(=S)nc(N)[nH]c21. The zero-order valence-electron chi connectivity index (χ0n) is 11.4. The third-order valence-electron chi connectivity index (χ3n) is 3.61. The molecule has 3 rings (SSSR count). The molecule has 5 N–H and O–H groups in total. The number of rotatable bonds is 3. The van der Waals surface area contributed by atoms with Crippen molar-refractivity contribution in [2.45, 2.75) is 24.3 Å². The van der Waals surface area contributed by atoms with Gasteiger partial charge in [-0.25, -0.2) is 14.4 Å². The third-order valence-corrected chi connectivity index (χ3v) is 3.89. The van der Waals surface area contributed by atoms with Crippen LogP contribution in [0.3, 0.4) is 0 Å². The van der Waals surface area contributed by atoms with Crippen LogP contribution in [-0.4, -0.2) is 61.5 Å². The van der Waals surface area contributed by atoms with Gasteiger partial charge in [-0.2, -0.15) is 0 Å². The number of alkyl halides is 1. The predicted molar refractivity (Wildman–Crippen MR) is 75.0 cm³/mol. The molecule has 1 fully saturated rings. The predicted octanol–water partition coefficient (Wildman–Crippen LogP) is -0.366. The number of anilines is 1. The van der Waals surface area contributed by atoms with E-state index in [9.17, 15) is 14.6 Å². The topological polar surface area (TPSA) is 131 Å². The maximum Gasteiger partial charge on any atom is 0.283 e. The number of aromatic amines is 1. The molecule has 2 aromatic heterocycles. The first-order valence-corrected chi connectivity index (χ1v) is 6.74. The number of aromatic nitrogens is 4. The molecule has 120 valence electrons. The molecular weight excluding hydrogens is 317 g/mol. The van der Waals surface area contributed by atoms with Gasteiger partial charge in [0.1, 0.15) is 23.4 Å². The molecule has 1 aliphatic heterocycles. The Morgan fingerprint density at radius 3 is 3.05 bits per heavy atom. The molecule has 0 unspecified atom stereocenters. The lowest BCUT2D eigenvalue weighted by Crippen LogP contribution is -2.44. The lowest BCUT2D eigenvalue weighted by Gasteiger charge is -2.27. The van der Waals surface area contributed by atoms with E-state index >= 15 is 0 Å². The number of hydrogen-bond acceptors (Lipinski definition) is 8. The zero-order chi connectivity index (χ0) is 16.1. The van der Waals surface area contributed by atoms with E-state index in [1.807, 2.05) is 0 Å². The highest BCUT2D eigenvalue weighted by atomic mass is 32.1. The molecule has 0 saturated carbocycles. The van der Waals surface area contributed by atoms with Crippen LogP contribution in [0.25, 0.3) is 11.2 Å². The van der Waals surface area contributed by atoms with Crippen molar-refractivity contribution in [3.63, 3.8) is 0 Å². The lowest BCUT2D eigenvalue weighted by atomic mass is 10.1. The van der Waals surface area contributed by atoms with E-state index in [1.165, 1.54) is 10.9 Å². The molecule has 4 atom stereocenters. The second kappa shape index (κ2) is 5.21. The summed E-state index contributed by atoms with van der Waals surface area (Å²) >= 11 is 5.04. The fourth-order valence-electron chi connectivity index (χ4n) is 2.48. The van der Waals surface area contributed by atoms with Gasteiger partial charge in [0, 0.05) is 7.11 Å². The zero-order valence-corrected chi connectivity index (χ0v) is 12.2. The number of nitrogen functional groups attached to an aromatic ring is 1. The van der Waals surface area contributed by atoms with Crippen molar-refractivity contribution in [1.29, 1.82) is 0 Å². The van der Waals surface area contributed by atoms with Crippen molar-refractivity contribution in [1.82, 2.24) is 19.5 Å². The fourth-order valence-corrected chi connectivity index (χ4v) is 2.73. The summed E-state index contributed by atoms with van der Waals surface area (Å²) in [6, 6.07) is 0. The second-order valence-corrected chi connectivity index (χ2v) is 5.22. The van der Waals surface area contributed by atoms with E-state index in [-0.39, 0.29) is 16.2 Å². The number of fused-ring (bicyclic) bond motifs is 1. The summed E-state index contributed by atoms with van der Waals surface area (Å²) in [5, 5.41) is 19.2. The van der Waals surface area contributed by atoms with Gasteiger partial charge in [-0.1, -0.05) is 12.2 Å². The monoisotopic (exact) mass is 331 g/mol. The summed E-state index contributed by atoms with van der Waals surface area (Å²) in [6.45, 7) is -0.570. The van der Waals surface area contributed by atoms with Gasteiger partial charge < -0.3 is 30.4 Å². The highest BCUT2D eigenvalue weighted by molar-refractivity contribution is 7.71. The number of halogens is 1. The second-order valence-electron chi connectivity index (χ2n) is 4.83. The number of hydrogen-bond donors (Lipinski definition) is 4. The minimum atomic E-state index is -2.57. The molecule has 0 amide bonds. The largest absolute Gasteiger partial charge is 0.394 e. The molecule has 2 aromatic rings. The Hall–Kier alpha value is -1.66. The van der Waals surface area contributed by atoms with Crippen LogP contribution < -0.4 is 5.73 Å². The Balaban J connectivity index is 2.16. The number of aliphatic hydroxyl groups excluding tert-OH is 2. The molecule has 3 heterocycles. The van der Waals surface area contributed by atoms with E-state index < -0.39 is 30.9 Å². The van der Waals surface area contributed by atoms with Gasteiger partial charge in [-0.15, -0.1) is 0 Å². The van der Waals surface area contributed by atoms with Crippen LogP contribution >= 0.6 is 12.2 Å². The van der Waals surface area contributed by atoms with Crippen molar-refractivity contribution in [2.24, 2.45) is 0 Å². The molecule has 9 nitrogen and oxygen atoms in total. The molecule has 0 bridgehead atoms. The average Bonchev–Trinajstić information content (AvgIpc) is 3.00. The van der Waals surface area contributed by atoms with E-state index in [4.69, 9.17) is 27.4 Å². The van der Waals surface area contributed by atoms with Crippen LogP contribution in [-0.2, 0) is 9.47 Å². The third kappa shape index (κ3) is 2.01. The number of ether oxygens (including phenoxy) is 2. The average molecular weight is 331 g/mol.